The van der Waals surface area contributed by atoms with Gasteiger partial charge in [-0.3, -0.25) is 4.79 Å². The molecule has 1 aliphatic heterocycles. The molecule has 0 aliphatic carbocycles. The Labute approximate surface area is 115 Å². The van der Waals surface area contributed by atoms with Gasteiger partial charge in [0.1, 0.15) is 30.2 Å². The largest absolute Gasteiger partial charge is 0.461 e. The van der Waals surface area contributed by atoms with Crippen LogP contribution < -0.4 is 4.74 Å². The number of aliphatic hydroxyl groups excluding tert-OH is 4. The number of para-hydroxylation sites is 1. The number of hydrogen-bond donors (Lipinski definition) is 4. The van der Waals surface area contributed by atoms with Crippen molar-refractivity contribution in [1.29, 1.82) is 0 Å². The van der Waals surface area contributed by atoms with Crippen LogP contribution >= 0.6 is 0 Å². The normalized spacial score (nSPS) is 33.7. The van der Waals surface area contributed by atoms with Crippen LogP contribution in [0.3, 0.4) is 0 Å². The van der Waals surface area contributed by atoms with Crippen molar-refractivity contribution >= 4 is 6.29 Å². The van der Waals surface area contributed by atoms with E-state index in [1.54, 1.807) is 12.1 Å². The van der Waals surface area contributed by atoms with E-state index in [1.165, 1.54) is 12.1 Å². The number of aliphatic hydroxyl groups is 4. The number of ether oxygens (including phenoxy) is 2. The zero-order valence-corrected chi connectivity index (χ0v) is 10.5. The Morgan fingerprint density at radius 1 is 1.15 bits per heavy atom. The summed E-state index contributed by atoms with van der Waals surface area (Å²) in [6.45, 7) is -0.542. The van der Waals surface area contributed by atoms with Crippen molar-refractivity contribution in [3.8, 4) is 5.75 Å². The lowest BCUT2D eigenvalue weighted by Crippen LogP contribution is -2.60. The summed E-state index contributed by atoms with van der Waals surface area (Å²) in [5.74, 6) is 0.173. The van der Waals surface area contributed by atoms with Gasteiger partial charge in [0.15, 0.2) is 6.29 Å². The van der Waals surface area contributed by atoms with Crippen LogP contribution in [0, 0.1) is 0 Å². The zero-order chi connectivity index (χ0) is 14.7. The first-order valence-electron chi connectivity index (χ1n) is 6.10. The molecule has 1 aliphatic rings. The molecule has 110 valence electrons. The summed E-state index contributed by atoms with van der Waals surface area (Å²) in [6.07, 6.45) is -6.24. The molecule has 7 heteroatoms. The van der Waals surface area contributed by atoms with E-state index in [2.05, 4.69) is 0 Å². The van der Waals surface area contributed by atoms with Crippen LogP contribution in [-0.4, -0.2) is 64.0 Å². The third-order valence-corrected chi connectivity index (χ3v) is 3.14. The third kappa shape index (κ3) is 2.82. The minimum atomic E-state index is -1.52. The fourth-order valence-corrected chi connectivity index (χ4v) is 1.98. The van der Waals surface area contributed by atoms with Gasteiger partial charge in [0, 0.05) is 0 Å². The standard InChI is InChI=1S/C13H16O7/c14-5-7-3-1-2-4-8(7)19-13-12(18)11(17)10(16)9(6-15)20-13/h1-5,9-13,15-18H,6H2/t9?,10-,11+,12?,13-/m1/s1. The highest BCUT2D eigenvalue weighted by molar-refractivity contribution is 5.79. The van der Waals surface area contributed by atoms with Crippen LogP contribution in [0.4, 0.5) is 0 Å². The molecular weight excluding hydrogens is 268 g/mol. The molecule has 0 saturated carbocycles. The van der Waals surface area contributed by atoms with Gasteiger partial charge in [-0.15, -0.1) is 0 Å². The number of aldehydes is 1. The molecule has 5 atom stereocenters. The summed E-state index contributed by atoms with van der Waals surface area (Å²) in [6, 6.07) is 6.30. The van der Waals surface area contributed by atoms with Gasteiger partial charge in [0.25, 0.3) is 0 Å². The molecule has 2 unspecified atom stereocenters. The third-order valence-electron chi connectivity index (χ3n) is 3.14. The Kier molecular flexibility index (Phi) is 4.69. The molecule has 1 aromatic rings. The van der Waals surface area contributed by atoms with Gasteiger partial charge in [-0.25, -0.2) is 0 Å². The fraction of sp³-hybridized carbons (Fsp3) is 0.462. The number of rotatable bonds is 4. The van der Waals surface area contributed by atoms with E-state index in [0.717, 1.165) is 0 Å². The molecule has 0 bridgehead atoms. The van der Waals surface area contributed by atoms with E-state index in [4.69, 9.17) is 14.6 Å². The van der Waals surface area contributed by atoms with Crippen molar-refractivity contribution in [2.45, 2.75) is 30.7 Å². The Balaban J connectivity index is 2.17. The molecule has 20 heavy (non-hydrogen) atoms. The molecule has 0 aromatic heterocycles. The maximum atomic E-state index is 10.9. The lowest BCUT2D eigenvalue weighted by atomic mass is 9.99. The van der Waals surface area contributed by atoms with Gasteiger partial charge in [-0.05, 0) is 12.1 Å². The van der Waals surface area contributed by atoms with Crippen LogP contribution in [0.15, 0.2) is 24.3 Å². The van der Waals surface area contributed by atoms with Gasteiger partial charge in [-0.1, -0.05) is 12.1 Å². The summed E-state index contributed by atoms with van der Waals surface area (Å²) >= 11 is 0. The predicted octanol–water partition coefficient (Wildman–Crippen LogP) is -1.32. The maximum Gasteiger partial charge on any atom is 0.229 e. The van der Waals surface area contributed by atoms with Crippen molar-refractivity contribution in [3.63, 3.8) is 0 Å². The second-order valence-corrected chi connectivity index (χ2v) is 4.47. The summed E-state index contributed by atoms with van der Waals surface area (Å²) in [5.41, 5.74) is 0.254. The van der Waals surface area contributed by atoms with Gasteiger partial charge >= 0.3 is 0 Å². The molecule has 0 radical (unpaired) electrons. The molecule has 0 spiro atoms. The summed E-state index contributed by atoms with van der Waals surface area (Å²) in [5, 5.41) is 38.1. The van der Waals surface area contributed by atoms with E-state index in [9.17, 15) is 20.1 Å². The van der Waals surface area contributed by atoms with Crippen molar-refractivity contribution in [2.24, 2.45) is 0 Å². The van der Waals surface area contributed by atoms with Crippen LogP contribution in [0.1, 0.15) is 10.4 Å². The molecule has 2 rings (SSSR count). The topological polar surface area (TPSA) is 116 Å². The average molecular weight is 284 g/mol. The Hall–Kier alpha value is -1.51. The molecule has 7 nitrogen and oxygen atoms in total. The highest BCUT2D eigenvalue weighted by atomic mass is 16.7. The lowest BCUT2D eigenvalue weighted by Gasteiger charge is -2.39. The molecule has 4 N–H and O–H groups in total. The smallest absolute Gasteiger partial charge is 0.229 e. The molecule has 1 saturated heterocycles. The minimum absolute atomic E-state index is 0.173. The molecule has 0 amide bonds. The lowest BCUT2D eigenvalue weighted by molar-refractivity contribution is -0.277. The zero-order valence-electron chi connectivity index (χ0n) is 10.5. The number of carbonyl (C=O) groups excluding carboxylic acids is 1. The number of carbonyl (C=O) groups is 1. The summed E-state index contributed by atoms with van der Waals surface area (Å²) < 4.78 is 10.5. The highest BCUT2D eigenvalue weighted by Crippen LogP contribution is 2.25. The van der Waals surface area contributed by atoms with Crippen LogP contribution in [0.2, 0.25) is 0 Å². The van der Waals surface area contributed by atoms with Crippen molar-refractivity contribution in [2.75, 3.05) is 6.61 Å². The Morgan fingerprint density at radius 3 is 2.50 bits per heavy atom. The molecule has 1 heterocycles. The van der Waals surface area contributed by atoms with Crippen molar-refractivity contribution in [3.05, 3.63) is 29.8 Å². The quantitative estimate of drug-likeness (QED) is 0.507. The first-order chi connectivity index (χ1) is 9.58. The van der Waals surface area contributed by atoms with Crippen molar-refractivity contribution < 1.29 is 34.7 Å². The highest BCUT2D eigenvalue weighted by Gasteiger charge is 2.44. The second kappa shape index (κ2) is 6.29. The van der Waals surface area contributed by atoms with Gasteiger partial charge in [-0.2, -0.15) is 0 Å². The summed E-state index contributed by atoms with van der Waals surface area (Å²) in [7, 11) is 0. The molecular formula is C13H16O7. The molecule has 1 aromatic carbocycles. The monoisotopic (exact) mass is 284 g/mol. The van der Waals surface area contributed by atoms with Crippen LogP contribution in [0.5, 0.6) is 5.75 Å². The van der Waals surface area contributed by atoms with E-state index < -0.39 is 37.3 Å². The van der Waals surface area contributed by atoms with E-state index >= 15 is 0 Å². The Morgan fingerprint density at radius 2 is 1.85 bits per heavy atom. The minimum Gasteiger partial charge on any atom is -0.461 e. The molecule has 1 fully saturated rings. The van der Waals surface area contributed by atoms with Crippen molar-refractivity contribution in [1.82, 2.24) is 0 Å². The number of benzene rings is 1. The van der Waals surface area contributed by atoms with Gasteiger partial charge in [0.2, 0.25) is 6.29 Å². The SMILES string of the molecule is O=Cc1ccccc1O[C@@H]1OC(CO)[C@@H](O)[C@H](O)C1O. The van der Waals surface area contributed by atoms with Crippen LogP contribution in [0.25, 0.3) is 0 Å². The second-order valence-electron chi connectivity index (χ2n) is 4.47. The predicted molar refractivity (Wildman–Crippen MR) is 66.2 cm³/mol. The average Bonchev–Trinajstić information content (AvgIpc) is 2.48. The van der Waals surface area contributed by atoms with Gasteiger partial charge in [0.05, 0.1) is 12.2 Å². The maximum absolute atomic E-state index is 10.9. The Bertz CT molecular complexity index is 462. The van der Waals surface area contributed by atoms with Gasteiger partial charge < -0.3 is 29.9 Å². The van der Waals surface area contributed by atoms with Crippen LogP contribution in [-0.2, 0) is 4.74 Å². The fourth-order valence-electron chi connectivity index (χ4n) is 1.98. The van der Waals surface area contributed by atoms with E-state index in [1.807, 2.05) is 0 Å². The first kappa shape index (κ1) is 14.9. The summed E-state index contributed by atoms with van der Waals surface area (Å²) in [4.78, 5) is 10.9. The number of hydrogen-bond acceptors (Lipinski definition) is 7. The first-order valence-corrected chi connectivity index (χ1v) is 6.10. The van der Waals surface area contributed by atoms with E-state index in [-0.39, 0.29) is 11.3 Å². The van der Waals surface area contributed by atoms with E-state index in [0.29, 0.717) is 6.29 Å².